The average Bonchev–Trinajstić information content (AvgIpc) is 2.32. The number of aliphatic hydroxyl groups excluding tert-OH is 4. The van der Waals surface area contributed by atoms with Gasteiger partial charge >= 0.3 is 0 Å². The summed E-state index contributed by atoms with van der Waals surface area (Å²) in [5, 5.41) is 37.6. The Balaban J connectivity index is 2.43. The maximum Gasteiger partial charge on any atom is 0.175 e. The van der Waals surface area contributed by atoms with Gasteiger partial charge < -0.3 is 29.9 Å². The van der Waals surface area contributed by atoms with Gasteiger partial charge in [0, 0.05) is 7.11 Å². The second kappa shape index (κ2) is 7.19. The van der Waals surface area contributed by atoms with Crippen molar-refractivity contribution in [3.63, 3.8) is 0 Å². The van der Waals surface area contributed by atoms with E-state index in [9.17, 15) is 15.3 Å². The van der Waals surface area contributed by atoms with Crippen molar-refractivity contribution in [3.8, 4) is 0 Å². The van der Waals surface area contributed by atoms with E-state index in [1.807, 2.05) is 0 Å². The van der Waals surface area contributed by atoms with Crippen LogP contribution < -0.4 is 5.48 Å². The minimum absolute atomic E-state index is 0.214. The first kappa shape index (κ1) is 14.7. The zero-order valence-corrected chi connectivity index (χ0v) is 9.52. The molecule has 1 aliphatic heterocycles. The SMILES string of the molecule is COCCON[C@H]1C(O)O[C@H](CO)[C@@H](O)[C@@H]1O. The maximum absolute atomic E-state index is 9.69. The molecule has 0 spiro atoms. The highest BCUT2D eigenvalue weighted by Gasteiger charge is 2.43. The molecular formula is C9H19NO7. The maximum atomic E-state index is 9.69. The summed E-state index contributed by atoms with van der Waals surface area (Å²) >= 11 is 0. The summed E-state index contributed by atoms with van der Waals surface area (Å²) < 4.78 is 9.65. The van der Waals surface area contributed by atoms with Crippen LogP contribution in [0.2, 0.25) is 0 Å². The molecule has 0 bridgehead atoms. The molecule has 0 aromatic heterocycles. The highest BCUT2D eigenvalue weighted by molar-refractivity contribution is 4.91. The van der Waals surface area contributed by atoms with Crippen LogP contribution in [0.5, 0.6) is 0 Å². The zero-order chi connectivity index (χ0) is 12.8. The van der Waals surface area contributed by atoms with Crippen LogP contribution in [-0.2, 0) is 14.3 Å². The molecule has 1 heterocycles. The van der Waals surface area contributed by atoms with Crippen molar-refractivity contribution in [2.75, 3.05) is 26.9 Å². The number of hydroxylamine groups is 1. The predicted molar refractivity (Wildman–Crippen MR) is 54.7 cm³/mol. The monoisotopic (exact) mass is 253 g/mol. The van der Waals surface area contributed by atoms with Crippen molar-refractivity contribution in [2.24, 2.45) is 0 Å². The Morgan fingerprint density at radius 1 is 1.18 bits per heavy atom. The van der Waals surface area contributed by atoms with Crippen LogP contribution in [0.4, 0.5) is 0 Å². The summed E-state index contributed by atoms with van der Waals surface area (Å²) in [6.07, 6.45) is -5.00. The third kappa shape index (κ3) is 3.83. The lowest BCUT2D eigenvalue weighted by atomic mass is 9.98. The van der Waals surface area contributed by atoms with E-state index in [1.165, 1.54) is 7.11 Å². The number of hydrogen-bond acceptors (Lipinski definition) is 8. The number of methoxy groups -OCH3 is 1. The van der Waals surface area contributed by atoms with Gasteiger partial charge in [0.25, 0.3) is 0 Å². The summed E-state index contributed by atoms with van der Waals surface area (Å²) in [4.78, 5) is 4.92. The lowest BCUT2D eigenvalue weighted by molar-refractivity contribution is -0.270. The fourth-order valence-electron chi connectivity index (χ4n) is 1.50. The van der Waals surface area contributed by atoms with E-state index in [0.717, 1.165) is 0 Å². The van der Waals surface area contributed by atoms with E-state index < -0.39 is 37.3 Å². The molecule has 17 heavy (non-hydrogen) atoms. The number of aliphatic hydroxyl groups is 4. The van der Waals surface area contributed by atoms with Crippen LogP contribution in [-0.4, -0.2) is 78.0 Å². The lowest BCUT2D eigenvalue weighted by Crippen LogP contribution is -2.63. The van der Waals surface area contributed by atoms with E-state index in [0.29, 0.717) is 6.61 Å². The lowest BCUT2D eigenvalue weighted by Gasteiger charge is -2.39. The van der Waals surface area contributed by atoms with E-state index in [2.05, 4.69) is 5.48 Å². The van der Waals surface area contributed by atoms with Crippen molar-refractivity contribution in [1.29, 1.82) is 0 Å². The quantitative estimate of drug-likeness (QED) is 0.250. The number of hydrogen-bond donors (Lipinski definition) is 5. The van der Waals surface area contributed by atoms with Crippen LogP contribution in [0, 0.1) is 0 Å². The van der Waals surface area contributed by atoms with Gasteiger partial charge in [-0.3, -0.25) is 4.84 Å². The summed E-state index contributed by atoms with van der Waals surface area (Å²) in [7, 11) is 1.51. The summed E-state index contributed by atoms with van der Waals surface area (Å²) in [6.45, 7) is 0.0626. The van der Waals surface area contributed by atoms with Gasteiger partial charge in [0.15, 0.2) is 6.29 Å². The Morgan fingerprint density at radius 2 is 1.88 bits per heavy atom. The van der Waals surface area contributed by atoms with Crippen molar-refractivity contribution >= 4 is 0 Å². The molecular weight excluding hydrogens is 234 g/mol. The van der Waals surface area contributed by atoms with Gasteiger partial charge in [-0.05, 0) is 0 Å². The zero-order valence-electron chi connectivity index (χ0n) is 9.52. The first-order chi connectivity index (χ1) is 8.11. The van der Waals surface area contributed by atoms with Crippen LogP contribution in [0.25, 0.3) is 0 Å². The molecule has 1 aliphatic rings. The normalized spacial score (nSPS) is 38.3. The first-order valence-corrected chi connectivity index (χ1v) is 5.28. The Kier molecular flexibility index (Phi) is 6.23. The standard InChI is InChI=1S/C9H19NO7/c1-15-2-3-16-10-6-8(13)7(12)5(4-11)17-9(6)14/h5-14H,2-4H2,1H3/t5-,6-,7-,8-,9?/m1/s1. The third-order valence-corrected chi connectivity index (χ3v) is 2.51. The molecule has 0 aromatic rings. The highest BCUT2D eigenvalue weighted by atomic mass is 16.7. The van der Waals surface area contributed by atoms with Gasteiger partial charge in [-0.1, -0.05) is 0 Å². The fraction of sp³-hybridized carbons (Fsp3) is 1.00. The van der Waals surface area contributed by atoms with Gasteiger partial charge in [-0.25, -0.2) is 0 Å². The van der Waals surface area contributed by atoms with Crippen molar-refractivity contribution in [3.05, 3.63) is 0 Å². The molecule has 0 aromatic carbocycles. The van der Waals surface area contributed by atoms with E-state index in [-0.39, 0.29) is 6.61 Å². The van der Waals surface area contributed by atoms with Gasteiger partial charge in [0.2, 0.25) is 0 Å². The molecule has 0 radical (unpaired) electrons. The molecule has 0 amide bonds. The molecule has 0 aliphatic carbocycles. The first-order valence-electron chi connectivity index (χ1n) is 5.28. The Morgan fingerprint density at radius 3 is 2.47 bits per heavy atom. The predicted octanol–water partition coefficient (Wildman–Crippen LogP) is -3.05. The molecule has 8 heteroatoms. The minimum atomic E-state index is -1.38. The topological polar surface area (TPSA) is 121 Å². The average molecular weight is 253 g/mol. The van der Waals surface area contributed by atoms with Gasteiger partial charge in [0.1, 0.15) is 24.4 Å². The van der Waals surface area contributed by atoms with Gasteiger partial charge in [-0.15, -0.1) is 0 Å². The fourth-order valence-corrected chi connectivity index (χ4v) is 1.50. The molecule has 5 N–H and O–H groups in total. The molecule has 5 atom stereocenters. The van der Waals surface area contributed by atoms with Crippen molar-refractivity contribution in [1.82, 2.24) is 5.48 Å². The number of nitrogens with one attached hydrogen (secondary N) is 1. The summed E-state index contributed by atoms with van der Waals surface area (Å²) in [5.74, 6) is 0. The Bertz CT molecular complexity index is 218. The second-order valence-corrected chi connectivity index (χ2v) is 3.71. The Hall–Kier alpha value is -0.320. The highest BCUT2D eigenvalue weighted by Crippen LogP contribution is 2.19. The van der Waals surface area contributed by atoms with Crippen LogP contribution in [0.1, 0.15) is 0 Å². The van der Waals surface area contributed by atoms with Crippen molar-refractivity contribution in [2.45, 2.75) is 30.6 Å². The van der Waals surface area contributed by atoms with Crippen molar-refractivity contribution < 1.29 is 34.7 Å². The van der Waals surface area contributed by atoms with Crippen LogP contribution in [0.15, 0.2) is 0 Å². The van der Waals surface area contributed by atoms with E-state index in [4.69, 9.17) is 19.4 Å². The van der Waals surface area contributed by atoms with Gasteiger partial charge in [-0.2, -0.15) is 5.48 Å². The molecule has 102 valence electrons. The largest absolute Gasteiger partial charge is 0.394 e. The molecule has 1 fully saturated rings. The molecule has 0 saturated carbocycles. The molecule has 1 unspecified atom stereocenters. The Labute approximate surface area is 98.7 Å². The summed E-state index contributed by atoms with van der Waals surface area (Å²) in [5.41, 5.74) is 2.38. The molecule has 8 nitrogen and oxygen atoms in total. The second-order valence-electron chi connectivity index (χ2n) is 3.71. The number of ether oxygens (including phenoxy) is 2. The third-order valence-electron chi connectivity index (χ3n) is 2.51. The molecule has 1 saturated heterocycles. The smallest absolute Gasteiger partial charge is 0.175 e. The van der Waals surface area contributed by atoms with E-state index in [1.54, 1.807) is 0 Å². The van der Waals surface area contributed by atoms with Gasteiger partial charge in [0.05, 0.1) is 19.8 Å². The van der Waals surface area contributed by atoms with E-state index >= 15 is 0 Å². The van der Waals surface area contributed by atoms with Crippen LogP contribution in [0.3, 0.4) is 0 Å². The molecule has 1 rings (SSSR count). The van der Waals surface area contributed by atoms with Crippen LogP contribution >= 0.6 is 0 Å². The minimum Gasteiger partial charge on any atom is -0.394 e. The number of rotatable bonds is 6. The summed E-state index contributed by atoms with van der Waals surface area (Å²) in [6, 6.07) is -0.996.